The molecule has 0 fully saturated rings. The highest BCUT2D eigenvalue weighted by Gasteiger charge is 2.04. The molecule has 2 rings (SSSR count). The minimum absolute atomic E-state index is 0.705. The lowest BCUT2D eigenvalue weighted by atomic mass is 10.1. The van der Waals surface area contributed by atoms with E-state index in [1.54, 1.807) is 6.20 Å². The van der Waals surface area contributed by atoms with Crippen LogP contribution in [-0.2, 0) is 6.42 Å². The van der Waals surface area contributed by atoms with Gasteiger partial charge in [-0.05, 0) is 24.5 Å². The van der Waals surface area contributed by atoms with Crippen LogP contribution in [-0.4, -0.2) is 30.1 Å². The molecule has 106 valence electrons. The second kappa shape index (κ2) is 7.48. The third kappa shape index (κ3) is 4.23. The van der Waals surface area contributed by atoms with Crippen LogP contribution >= 0.6 is 0 Å². The van der Waals surface area contributed by atoms with Gasteiger partial charge >= 0.3 is 0 Å². The highest BCUT2D eigenvalue weighted by atomic mass is 15.2. The second-order valence-corrected chi connectivity index (χ2v) is 4.82. The molecular weight excluding hydrogens is 248 g/mol. The Hall–Kier alpha value is -2.10. The number of hydrogen-bond acceptors (Lipinski definition) is 4. The van der Waals surface area contributed by atoms with Crippen LogP contribution in [0.1, 0.15) is 18.9 Å². The number of likely N-dealkylation sites (N-methyl/N-ethyl adjacent to an activating group) is 1. The van der Waals surface area contributed by atoms with Crippen molar-refractivity contribution in [1.82, 2.24) is 9.97 Å². The Morgan fingerprint density at radius 2 is 1.95 bits per heavy atom. The molecule has 4 heteroatoms. The first-order valence-electron chi connectivity index (χ1n) is 7.11. The highest BCUT2D eigenvalue weighted by molar-refractivity contribution is 5.41. The molecule has 4 nitrogen and oxygen atoms in total. The number of rotatable bonds is 7. The molecule has 1 aromatic carbocycles. The Morgan fingerprint density at radius 3 is 2.70 bits per heavy atom. The molecule has 0 saturated carbocycles. The van der Waals surface area contributed by atoms with Crippen molar-refractivity contribution in [3.63, 3.8) is 0 Å². The molecule has 0 atom stereocenters. The fraction of sp³-hybridized carbons (Fsp3) is 0.375. The van der Waals surface area contributed by atoms with Crippen molar-refractivity contribution < 1.29 is 0 Å². The van der Waals surface area contributed by atoms with Gasteiger partial charge in [0.2, 0.25) is 5.95 Å². The first kappa shape index (κ1) is 14.3. The molecule has 1 aromatic heterocycles. The van der Waals surface area contributed by atoms with E-state index in [1.807, 2.05) is 12.1 Å². The van der Waals surface area contributed by atoms with E-state index in [1.165, 1.54) is 5.56 Å². The normalized spacial score (nSPS) is 10.3. The average Bonchev–Trinajstić information content (AvgIpc) is 2.52. The fourth-order valence-corrected chi connectivity index (χ4v) is 1.94. The van der Waals surface area contributed by atoms with E-state index in [2.05, 4.69) is 58.4 Å². The van der Waals surface area contributed by atoms with Crippen LogP contribution < -0.4 is 10.2 Å². The van der Waals surface area contributed by atoms with E-state index < -0.39 is 0 Å². The first-order valence-corrected chi connectivity index (χ1v) is 7.11. The van der Waals surface area contributed by atoms with Gasteiger partial charge in [-0.3, -0.25) is 0 Å². The third-order valence-corrected chi connectivity index (χ3v) is 3.14. The Morgan fingerprint density at radius 1 is 1.15 bits per heavy atom. The lowest BCUT2D eigenvalue weighted by Gasteiger charge is -2.18. The smallest absolute Gasteiger partial charge is 0.224 e. The van der Waals surface area contributed by atoms with E-state index >= 15 is 0 Å². The minimum Gasteiger partial charge on any atom is -0.359 e. The van der Waals surface area contributed by atoms with Crippen LogP contribution in [0.3, 0.4) is 0 Å². The Balaban J connectivity index is 1.93. The maximum Gasteiger partial charge on any atom is 0.224 e. The molecule has 1 heterocycles. The number of nitrogens with zero attached hydrogens (tertiary/aromatic N) is 3. The summed E-state index contributed by atoms with van der Waals surface area (Å²) in [7, 11) is 2.06. The molecule has 0 aliphatic heterocycles. The second-order valence-electron chi connectivity index (χ2n) is 4.82. The quantitative estimate of drug-likeness (QED) is 0.840. The van der Waals surface area contributed by atoms with Gasteiger partial charge in [-0.2, -0.15) is 4.98 Å². The van der Waals surface area contributed by atoms with Crippen LogP contribution in [0.5, 0.6) is 0 Å². The zero-order valence-corrected chi connectivity index (χ0v) is 12.2. The maximum atomic E-state index is 4.53. The molecule has 0 aliphatic carbocycles. The summed E-state index contributed by atoms with van der Waals surface area (Å²) in [5.74, 6) is 1.66. The monoisotopic (exact) mass is 270 g/mol. The molecule has 0 aliphatic rings. The lowest BCUT2D eigenvalue weighted by Crippen LogP contribution is -2.22. The van der Waals surface area contributed by atoms with Crippen molar-refractivity contribution in [3.8, 4) is 0 Å². The number of nitrogens with one attached hydrogen (secondary N) is 1. The maximum absolute atomic E-state index is 4.53. The predicted molar refractivity (Wildman–Crippen MR) is 84.2 cm³/mol. The van der Waals surface area contributed by atoms with Gasteiger partial charge in [-0.25, -0.2) is 4.98 Å². The van der Waals surface area contributed by atoms with Crippen LogP contribution in [0.2, 0.25) is 0 Å². The number of benzene rings is 1. The van der Waals surface area contributed by atoms with Crippen LogP contribution in [0.15, 0.2) is 42.6 Å². The summed E-state index contributed by atoms with van der Waals surface area (Å²) in [6.45, 7) is 3.97. The average molecular weight is 270 g/mol. The zero-order valence-electron chi connectivity index (χ0n) is 12.2. The summed E-state index contributed by atoms with van der Waals surface area (Å²) in [5.41, 5.74) is 1.35. The molecule has 0 saturated heterocycles. The van der Waals surface area contributed by atoms with Gasteiger partial charge in [0, 0.05) is 26.3 Å². The molecule has 0 radical (unpaired) electrons. The predicted octanol–water partition coefficient (Wildman–Crippen LogP) is 2.98. The largest absolute Gasteiger partial charge is 0.359 e. The molecule has 20 heavy (non-hydrogen) atoms. The summed E-state index contributed by atoms with van der Waals surface area (Å²) in [6.07, 6.45) is 3.88. The molecule has 0 bridgehead atoms. The van der Waals surface area contributed by atoms with Crippen molar-refractivity contribution in [2.45, 2.75) is 19.8 Å². The molecule has 0 spiro atoms. The fourth-order valence-electron chi connectivity index (χ4n) is 1.94. The van der Waals surface area contributed by atoms with Crippen LogP contribution in [0.4, 0.5) is 11.8 Å². The molecule has 1 N–H and O–H groups in total. The van der Waals surface area contributed by atoms with Gasteiger partial charge in [-0.1, -0.05) is 37.3 Å². The summed E-state index contributed by atoms with van der Waals surface area (Å²) in [6, 6.07) is 12.5. The van der Waals surface area contributed by atoms with Crippen molar-refractivity contribution in [2.75, 3.05) is 30.4 Å². The minimum atomic E-state index is 0.705. The van der Waals surface area contributed by atoms with Gasteiger partial charge in [0.05, 0.1) is 0 Å². The Labute approximate surface area is 120 Å². The summed E-state index contributed by atoms with van der Waals surface area (Å²) < 4.78 is 0. The van der Waals surface area contributed by atoms with E-state index in [-0.39, 0.29) is 0 Å². The molecule has 0 amide bonds. The lowest BCUT2D eigenvalue weighted by molar-refractivity contribution is 0.853. The van der Waals surface area contributed by atoms with E-state index in [0.717, 1.165) is 31.7 Å². The summed E-state index contributed by atoms with van der Waals surface area (Å²) in [5, 5.41) is 3.21. The van der Waals surface area contributed by atoms with Crippen LogP contribution in [0, 0.1) is 0 Å². The standard InChI is InChI=1S/C16H22N4/c1-3-11-17-16-18-12-9-15(19-16)20(2)13-10-14-7-5-4-6-8-14/h4-9,12H,3,10-11,13H2,1-2H3,(H,17,18,19). The van der Waals surface area contributed by atoms with Gasteiger partial charge in [0.15, 0.2) is 0 Å². The molecular formula is C16H22N4. The van der Waals surface area contributed by atoms with E-state index in [0.29, 0.717) is 5.95 Å². The van der Waals surface area contributed by atoms with Crippen molar-refractivity contribution in [2.24, 2.45) is 0 Å². The SMILES string of the molecule is CCCNc1nccc(N(C)CCc2ccccc2)n1. The summed E-state index contributed by atoms with van der Waals surface area (Å²) in [4.78, 5) is 10.9. The van der Waals surface area contributed by atoms with Crippen molar-refractivity contribution >= 4 is 11.8 Å². The van der Waals surface area contributed by atoms with Gasteiger partial charge < -0.3 is 10.2 Å². The van der Waals surface area contributed by atoms with Gasteiger partial charge in [0.1, 0.15) is 5.82 Å². The third-order valence-electron chi connectivity index (χ3n) is 3.14. The highest BCUT2D eigenvalue weighted by Crippen LogP contribution is 2.11. The van der Waals surface area contributed by atoms with Crippen molar-refractivity contribution in [3.05, 3.63) is 48.2 Å². The number of aromatic nitrogens is 2. The van der Waals surface area contributed by atoms with E-state index in [4.69, 9.17) is 0 Å². The Bertz CT molecular complexity index is 513. The van der Waals surface area contributed by atoms with Crippen LogP contribution in [0.25, 0.3) is 0 Å². The molecule has 2 aromatic rings. The number of hydrogen-bond donors (Lipinski definition) is 1. The number of anilines is 2. The van der Waals surface area contributed by atoms with E-state index in [9.17, 15) is 0 Å². The van der Waals surface area contributed by atoms with Gasteiger partial charge in [0.25, 0.3) is 0 Å². The van der Waals surface area contributed by atoms with Crippen molar-refractivity contribution in [1.29, 1.82) is 0 Å². The first-order chi connectivity index (χ1) is 9.79. The topological polar surface area (TPSA) is 41.1 Å². The molecule has 0 unspecified atom stereocenters. The summed E-state index contributed by atoms with van der Waals surface area (Å²) >= 11 is 0. The van der Waals surface area contributed by atoms with Gasteiger partial charge in [-0.15, -0.1) is 0 Å². The zero-order chi connectivity index (χ0) is 14.2. The Kier molecular flexibility index (Phi) is 5.35.